The maximum Gasteiger partial charge on any atom is 0.252 e. The molecule has 3 aromatic carbocycles. The average molecular weight is 481 g/mol. The summed E-state index contributed by atoms with van der Waals surface area (Å²) in [5.74, 6) is -0.523. The van der Waals surface area contributed by atoms with Gasteiger partial charge in [-0.2, -0.15) is 5.10 Å². The van der Waals surface area contributed by atoms with Crippen LogP contribution in [0.15, 0.2) is 91.0 Å². The predicted octanol–water partition coefficient (Wildman–Crippen LogP) is 3.68. The van der Waals surface area contributed by atoms with Crippen molar-refractivity contribution < 1.29 is 14.7 Å². The van der Waals surface area contributed by atoms with E-state index in [0.717, 1.165) is 16.8 Å². The number of benzene rings is 3. The fraction of sp³-hybridized carbons (Fsp3) is 0.207. The lowest BCUT2D eigenvalue weighted by Gasteiger charge is -2.24. The predicted molar refractivity (Wildman–Crippen MR) is 138 cm³/mol. The Labute approximate surface area is 209 Å². The molecule has 1 aromatic heterocycles. The number of aromatic nitrogens is 2. The van der Waals surface area contributed by atoms with Crippen molar-refractivity contribution in [2.24, 2.45) is 0 Å². The van der Waals surface area contributed by atoms with Crippen LogP contribution in [0.25, 0.3) is 22.5 Å². The minimum atomic E-state index is -0.750. The number of rotatable bonds is 7. The summed E-state index contributed by atoms with van der Waals surface area (Å²) in [4.78, 5) is 28.5. The number of likely N-dealkylation sites (tertiary alicyclic amines) is 1. The maximum atomic E-state index is 13.5. The quantitative estimate of drug-likeness (QED) is 0.376. The Morgan fingerprint density at radius 3 is 2.42 bits per heavy atom. The summed E-state index contributed by atoms with van der Waals surface area (Å²) in [7, 11) is 0. The van der Waals surface area contributed by atoms with Crippen LogP contribution in [0, 0.1) is 0 Å². The van der Waals surface area contributed by atoms with Crippen LogP contribution in [0.4, 0.5) is 0 Å². The number of aliphatic hydroxyl groups is 1. The molecule has 1 aliphatic heterocycles. The molecule has 7 heteroatoms. The van der Waals surface area contributed by atoms with E-state index in [-0.39, 0.29) is 18.4 Å². The fourth-order valence-electron chi connectivity index (χ4n) is 4.58. The molecule has 0 spiro atoms. The van der Waals surface area contributed by atoms with Crippen molar-refractivity contribution in [2.45, 2.75) is 25.0 Å². The van der Waals surface area contributed by atoms with E-state index in [1.807, 2.05) is 78.9 Å². The molecular weight excluding hydrogens is 452 g/mol. The van der Waals surface area contributed by atoms with E-state index in [1.165, 1.54) is 0 Å². The van der Waals surface area contributed by atoms with E-state index in [9.17, 15) is 14.7 Å². The zero-order valence-electron chi connectivity index (χ0n) is 19.8. The highest BCUT2D eigenvalue weighted by Crippen LogP contribution is 2.26. The van der Waals surface area contributed by atoms with Crippen LogP contribution in [0.3, 0.4) is 0 Å². The van der Waals surface area contributed by atoms with Gasteiger partial charge in [0.15, 0.2) is 0 Å². The molecule has 2 amide bonds. The zero-order valence-corrected chi connectivity index (χ0v) is 19.8. The van der Waals surface area contributed by atoms with Crippen LogP contribution < -0.4 is 5.32 Å². The first-order valence-corrected chi connectivity index (χ1v) is 12.1. The number of aromatic amines is 1. The van der Waals surface area contributed by atoms with Gasteiger partial charge >= 0.3 is 0 Å². The summed E-state index contributed by atoms with van der Waals surface area (Å²) < 4.78 is 0. The normalized spacial score (nSPS) is 16.0. The van der Waals surface area contributed by atoms with Crippen LogP contribution in [0.1, 0.15) is 22.3 Å². The lowest BCUT2D eigenvalue weighted by atomic mass is 10.0. The number of carbonyl (C=O) groups excluding carboxylic acids is 2. The van der Waals surface area contributed by atoms with Crippen molar-refractivity contribution in [3.05, 3.63) is 102 Å². The van der Waals surface area contributed by atoms with E-state index in [4.69, 9.17) is 0 Å². The number of aliphatic hydroxyl groups excluding tert-OH is 1. The second-order valence-electron chi connectivity index (χ2n) is 9.02. The lowest BCUT2D eigenvalue weighted by molar-refractivity contribution is -0.132. The van der Waals surface area contributed by atoms with E-state index in [1.54, 1.807) is 17.0 Å². The van der Waals surface area contributed by atoms with Gasteiger partial charge in [-0.05, 0) is 24.1 Å². The minimum absolute atomic E-state index is 0.186. The van der Waals surface area contributed by atoms with Gasteiger partial charge in [0.1, 0.15) is 6.04 Å². The highest BCUT2D eigenvalue weighted by Gasteiger charge is 2.31. The molecule has 5 rings (SSSR count). The zero-order chi connectivity index (χ0) is 24.9. The van der Waals surface area contributed by atoms with E-state index in [2.05, 4.69) is 15.5 Å². The van der Waals surface area contributed by atoms with Gasteiger partial charge < -0.3 is 15.3 Å². The number of nitrogens with one attached hydrogen (secondary N) is 2. The van der Waals surface area contributed by atoms with Crippen LogP contribution in [-0.4, -0.2) is 57.3 Å². The first kappa shape index (κ1) is 23.5. The molecule has 0 bridgehead atoms. The molecule has 0 saturated carbocycles. The van der Waals surface area contributed by atoms with Crippen LogP contribution in [0.5, 0.6) is 0 Å². The van der Waals surface area contributed by atoms with Gasteiger partial charge in [0.2, 0.25) is 5.91 Å². The van der Waals surface area contributed by atoms with Gasteiger partial charge in [-0.15, -0.1) is 0 Å². The number of β-amino-alcohol motifs (C(OH)–C–C–N with tert-alkyl or cyclic N) is 1. The lowest BCUT2D eigenvalue weighted by Crippen LogP contribution is -2.49. The standard InChI is InChI=1S/C29H28N4O3/c34-22-15-16-33(19-22)29(36)27(17-20-9-3-1-4-10-20)30-28(35)24-14-8-7-13-23(24)26-18-25(31-32-26)21-11-5-2-6-12-21/h1-14,18,22,27,34H,15-17,19H2,(H,30,35)(H,31,32)/t22-,27-/m0/s1. The highest BCUT2D eigenvalue weighted by atomic mass is 16.3. The van der Waals surface area contributed by atoms with Crippen molar-refractivity contribution in [1.82, 2.24) is 20.4 Å². The molecule has 7 nitrogen and oxygen atoms in total. The maximum absolute atomic E-state index is 13.5. The van der Waals surface area contributed by atoms with E-state index < -0.39 is 12.1 Å². The van der Waals surface area contributed by atoms with Crippen molar-refractivity contribution in [1.29, 1.82) is 0 Å². The Morgan fingerprint density at radius 1 is 1.00 bits per heavy atom. The first-order chi connectivity index (χ1) is 17.6. The Balaban J connectivity index is 1.41. The third kappa shape index (κ3) is 5.21. The second kappa shape index (κ2) is 10.6. The topological polar surface area (TPSA) is 98.3 Å². The molecule has 0 aliphatic carbocycles. The molecule has 1 fully saturated rings. The Kier molecular flexibility index (Phi) is 6.91. The van der Waals surface area contributed by atoms with Crippen LogP contribution in [0.2, 0.25) is 0 Å². The molecule has 3 N–H and O–H groups in total. The van der Waals surface area contributed by atoms with Gasteiger partial charge in [0.25, 0.3) is 5.91 Å². The Hall–Kier alpha value is -4.23. The fourth-order valence-corrected chi connectivity index (χ4v) is 4.58. The summed E-state index contributed by atoms with van der Waals surface area (Å²) in [5, 5.41) is 20.4. The molecular formula is C29H28N4O3. The number of amides is 2. The monoisotopic (exact) mass is 480 g/mol. The Bertz CT molecular complexity index is 1340. The largest absolute Gasteiger partial charge is 0.391 e. The van der Waals surface area contributed by atoms with Crippen molar-refractivity contribution in [3.8, 4) is 22.5 Å². The SMILES string of the molecule is O=C(N[C@@H](Cc1ccccc1)C(=O)N1CC[C@H](O)C1)c1ccccc1-c1cc(-c2ccccc2)n[nH]1. The molecule has 2 heterocycles. The molecule has 0 radical (unpaired) electrons. The van der Waals surface area contributed by atoms with E-state index >= 15 is 0 Å². The summed E-state index contributed by atoms with van der Waals surface area (Å²) in [6, 6.07) is 27.9. The first-order valence-electron chi connectivity index (χ1n) is 12.1. The van der Waals surface area contributed by atoms with Gasteiger partial charge in [-0.3, -0.25) is 14.7 Å². The molecule has 4 aromatic rings. The minimum Gasteiger partial charge on any atom is -0.391 e. The average Bonchev–Trinajstić information content (AvgIpc) is 3.59. The van der Waals surface area contributed by atoms with Crippen molar-refractivity contribution >= 4 is 11.8 Å². The number of H-pyrrole nitrogens is 1. The third-order valence-corrected chi connectivity index (χ3v) is 6.47. The summed E-state index contributed by atoms with van der Waals surface area (Å²) in [6.45, 7) is 0.765. The van der Waals surface area contributed by atoms with Gasteiger partial charge in [0.05, 0.1) is 17.5 Å². The highest BCUT2D eigenvalue weighted by molar-refractivity contribution is 6.02. The Morgan fingerprint density at radius 2 is 1.69 bits per heavy atom. The van der Waals surface area contributed by atoms with Gasteiger partial charge in [-0.25, -0.2) is 0 Å². The van der Waals surface area contributed by atoms with Gasteiger partial charge in [0, 0.05) is 36.2 Å². The third-order valence-electron chi connectivity index (χ3n) is 6.47. The second-order valence-corrected chi connectivity index (χ2v) is 9.02. The van der Waals surface area contributed by atoms with Crippen LogP contribution >= 0.6 is 0 Å². The number of carbonyl (C=O) groups is 2. The smallest absolute Gasteiger partial charge is 0.252 e. The molecule has 2 atom stereocenters. The summed E-state index contributed by atoms with van der Waals surface area (Å²) >= 11 is 0. The number of hydrogen-bond donors (Lipinski definition) is 3. The molecule has 0 unspecified atom stereocenters. The molecule has 1 saturated heterocycles. The number of hydrogen-bond acceptors (Lipinski definition) is 4. The summed E-state index contributed by atoms with van der Waals surface area (Å²) in [6.07, 6.45) is 0.383. The molecule has 182 valence electrons. The van der Waals surface area contributed by atoms with Crippen molar-refractivity contribution in [2.75, 3.05) is 13.1 Å². The molecule has 1 aliphatic rings. The summed E-state index contributed by atoms with van der Waals surface area (Å²) in [5.41, 5.74) is 4.58. The van der Waals surface area contributed by atoms with Crippen molar-refractivity contribution in [3.63, 3.8) is 0 Å². The van der Waals surface area contributed by atoms with Crippen LogP contribution in [-0.2, 0) is 11.2 Å². The number of nitrogens with zero attached hydrogens (tertiary/aromatic N) is 2. The van der Waals surface area contributed by atoms with Gasteiger partial charge in [-0.1, -0.05) is 78.9 Å². The molecule has 36 heavy (non-hydrogen) atoms. The van der Waals surface area contributed by atoms with E-state index in [0.29, 0.717) is 36.2 Å².